The first kappa shape index (κ1) is 18.1. The zero-order valence-electron chi connectivity index (χ0n) is 12.1. The molecule has 0 aromatic carbocycles. The summed E-state index contributed by atoms with van der Waals surface area (Å²) in [7, 11) is 1.64. The molecule has 0 fully saturated rings. The lowest BCUT2D eigenvalue weighted by Crippen LogP contribution is -2.12. The largest absolute Gasteiger partial charge is 0.382 e. The Kier molecular flexibility index (Phi) is 10.1. The van der Waals surface area contributed by atoms with Crippen molar-refractivity contribution in [3.8, 4) is 0 Å². The monoisotopic (exact) mass is 319 g/mol. The van der Waals surface area contributed by atoms with Gasteiger partial charge in [-0.2, -0.15) is 0 Å². The summed E-state index contributed by atoms with van der Waals surface area (Å²) in [4.78, 5) is 4.20. The fourth-order valence-corrected chi connectivity index (χ4v) is 1.58. The minimum Gasteiger partial charge on any atom is -0.382 e. The van der Waals surface area contributed by atoms with Crippen LogP contribution in [0.4, 0.5) is 5.82 Å². The first-order chi connectivity index (χ1) is 10.3. The van der Waals surface area contributed by atoms with Crippen molar-refractivity contribution >= 4 is 17.4 Å². The zero-order chi connectivity index (χ0) is 15.3. The van der Waals surface area contributed by atoms with Crippen LogP contribution in [0.2, 0.25) is 5.02 Å². The van der Waals surface area contributed by atoms with Gasteiger partial charge in [-0.3, -0.25) is 0 Å². The minimum atomic E-state index is 0.308. The predicted octanol–water partition coefficient (Wildman–Crippen LogP) is 1.22. The lowest BCUT2D eigenvalue weighted by molar-refractivity contribution is 0.000491. The molecule has 0 aliphatic carbocycles. The Bertz CT molecular complexity index is 396. The topological polar surface area (TPSA) is 87.9 Å². The van der Waals surface area contributed by atoms with Crippen LogP contribution < -0.4 is 11.3 Å². The molecule has 7 nitrogen and oxygen atoms in total. The Labute approximate surface area is 129 Å². The van der Waals surface area contributed by atoms with E-state index < -0.39 is 0 Å². The molecule has 1 aromatic heterocycles. The van der Waals surface area contributed by atoms with Gasteiger partial charge < -0.3 is 24.4 Å². The normalized spacial score (nSPS) is 10.8. The van der Waals surface area contributed by atoms with Gasteiger partial charge in [0, 0.05) is 7.11 Å². The number of anilines is 1. The maximum Gasteiger partial charge on any atom is 0.140 e. The van der Waals surface area contributed by atoms with Gasteiger partial charge >= 0.3 is 0 Å². The second kappa shape index (κ2) is 11.7. The van der Waals surface area contributed by atoms with Crippen LogP contribution in [-0.4, -0.2) is 51.7 Å². The summed E-state index contributed by atoms with van der Waals surface area (Å²) in [6.07, 6.45) is 0. The van der Waals surface area contributed by atoms with Crippen LogP contribution in [0.15, 0.2) is 12.1 Å². The number of nitrogen functional groups attached to an aromatic ring is 1. The van der Waals surface area contributed by atoms with Crippen LogP contribution in [0, 0.1) is 0 Å². The van der Waals surface area contributed by atoms with Crippen molar-refractivity contribution in [2.45, 2.75) is 6.61 Å². The molecule has 0 bridgehead atoms. The SMILES string of the molecule is COCCOCCOCCOCc1nc(NN)ccc1Cl. The van der Waals surface area contributed by atoms with Crippen molar-refractivity contribution in [3.05, 3.63) is 22.8 Å². The molecule has 120 valence electrons. The molecule has 1 aromatic rings. The molecule has 0 saturated carbocycles. The van der Waals surface area contributed by atoms with Crippen molar-refractivity contribution in [2.75, 3.05) is 52.2 Å². The molecular weight excluding hydrogens is 298 g/mol. The number of nitrogens with one attached hydrogen (secondary N) is 1. The smallest absolute Gasteiger partial charge is 0.140 e. The molecule has 0 radical (unpaired) electrons. The second-order valence-electron chi connectivity index (χ2n) is 4.04. The Morgan fingerprint density at radius 3 is 2.29 bits per heavy atom. The fraction of sp³-hybridized carbons (Fsp3) is 0.615. The summed E-state index contributed by atoms with van der Waals surface area (Å²) in [6, 6.07) is 3.41. The number of aromatic nitrogens is 1. The van der Waals surface area contributed by atoms with Gasteiger partial charge in [-0.15, -0.1) is 0 Å². The Balaban J connectivity index is 2.04. The molecule has 21 heavy (non-hydrogen) atoms. The number of ether oxygens (including phenoxy) is 4. The van der Waals surface area contributed by atoms with Crippen molar-refractivity contribution in [2.24, 2.45) is 5.84 Å². The number of pyridine rings is 1. The number of nitrogens with zero attached hydrogens (tertiary/aromatic N) is 1. The van der Waals surface area contributed by atoms with Gasteiger partial charge in [0.15, 0.2) is 0 Å². The molecule has 0 unspecified atom stereocenters. The van der Waals surface area contributed by atoms with E-state index in [1.54, 1.807) is 19.2 Å². The van der Waals surface area contributed by atoms with Crippen LogP contribution in [0.3, 0.4) is 0 Å². The Morgan fingerprint density at radius 1 is 1.05 bits per heavy atom. The third-order valence-electron chi connectivity index (χ3n) is 2.48. The lowest BCUT2D eigenvalue weighted by atomic mass is 10.3. The van der Waals surface area contributed by atoms with E-state index in [-0.39, 0.29) is 0 Å². The molecule has 8 heteroatoms. The number of nitrogens with two attached hydrogens (primary N) is 1. The van der Waals surface area contributed by atoms with Crippen molar-refractivity contribution in [1.82, 2.24) is 4.98 Å². The van der Waals surface area contributed by atoms with E-state index in [1.807, 2.05) is 0 Å². The lowest BCUT2D eigenvalue weighted by Gasteiger charge is -2.08. The van der Waals surface area contributed by atoms with Crippen LogP contribution in [-0.2, 0) is 25.6 Å². The van der Waals surface area contributed by atoms with E-state index in [2.05, 4.69) is 10.4 Å². The van der Waals surface area contributed by atoms with Crippen molar-refractivity contribution in [1.29, 1.82) is 0 Å². The van der Waals surface area contributed by atoms with E-state index in [4.69, 9.17) is 36.4 Å². The van der Waals surface area contributed by atoms with E-state index in [1.165, 1.54) is 0 Å². The van der Waals surface area contributed by atoms with Gasteiger partial charge in [0.1, 0.15) is 5.82 Å². The van der Waals surface area contributed by atoms with Crippen LogP contribution in [0.1, 0.15) is 5.69 Å². The van der Waals surface area contributed by atoms with Gasteiger partial charge in [-0.1, -0.05) is 11.6 Å². The van der Waals surface area contributed by atoms with E-state index >= 15 is 0 Å². The fourth-order valence-electron chi connectivity index (χ4n) is 1.42. The number of methoxy groups -OCH3 is 1. The molecule has 0 spiro atoms. The van der Waals surface area contributed by atoms with Gasteiger partial charge in [-0.05, 0) is 12.1 Å². The molecule has 1 rings (SSSR count). The second-order valence-corrected chi connectivity index (χ2v) is 4.45. The van der Waals surface area contributed by atoms with Crippen LogP contribution >= 0.6 is 11.6 Å². The highest BCUT2D eigenvalue weighted by Gasteiger charge is 2.03. The highest BCUT2D eigenvalue weighted by Crippen LogP contribution is 2.16. The zero-order valence-corrected chi connectivity index (χ0v) is 12.9. The molecule has 0 aliphatic heterocycles. The van der Waals surface area contributed by atoms with Crippen molar-refractivity contribution < 1.29 is 18.9 Å². The molecule has 1 heterocycles. The summed E-state index contributed by atoms with van der Waals surface area (Å²) in [5.41, 5.74) is 3.10. The summed E-state index contributed by atoms with van der Waals surface area (Å²) in [6.45, 7) is 3.48. The highest BCUT2D eigenvalue weighted by atomic mass is 35.5. The predicted molar refractivity (Wildman–Crippen MR) is 80.2 cm³/mol. The molecule has 0 amide bonds. The average molecular weight is 320 g/mol. The van der Waals surface area contributed by atoms with Gasteiger partial charge in [0.05, 0.1) is 57.0 Å². The molecule has 0 aliphatic rings. The van der Waals surface area contributed by atoms with Crippen LogP contribution in [0.5, 0.6) is 0 Å². The van der Waals surface area contributed by atoms with Gasteiger partial charge in [0.25, 0.3) is 0 Å². The summed E-state index contributed by atoms with van der Waals surface area (Å²) in [5, 5.41) is 0.543. The molecule has 0 saturated heterocycles. The first-order valence-electron chi connectivity index (χ1n) is 6.62. The number of rotatable bonds is 12. The Hall–Kier alpha value is -0.960. The number of hydrazine groups is 1. The standard InChI is InChI=1S/C13H22ClN3O4/c1-18-4-5-19-6-7-20-8-9-21-10-12-11(14)2-3-13(16-12)17-15/h2-3H,4-10,15H2,1H3,(H,16,17). The van der Waals surface area contributed by atoms with Crippen molar-refractivity contribution in [3.63, 3.8) is 0 Å². The third-order valence-corrected chi connectivity index (χ3v) is 2.83. The number of hydrogen-bond acceptors (Lipinski definition) is 7. The summed E-state index contributed by atoms with van der Waals surface area (Å²) >= 11 is 6.01. The van der Waals surface area contributed by atoms with E-state index in [9.17, 15) is 0 Å². The quantitative estimate of drug-likeness (QED) is 0.340. The number of hydrogen-bond donors (Lipinski definition) is 2. The average Bonchev–Trinajstić information content (AvgIpc) is 2.51. The van der Waals surface area contributed by atoms with Gasteiger partial charge in [-0.25, -0.2) is 10.8 Å². The number of halogens is 1. The third kappa shape index (κ3) is 8.15. The first-order valence-corrected chi connectivity index (χ1v) is 7.00. The Morgan fingerprint density at radius 2 is 1.67 bits per heavy atom. The molecule has 3 N–H and O–H groups in total. The minimum absolute atomic E-state index is 0.308. The summed E-state index contributed by atoms with van der Waals surface area (Å²) in [5.74, 6) is 5.83. The molecule has 0 atom stereocenters. The summed E-state index contributed by atoms with van der Waals surface area (Å²) < 4.78 is 20.9. The van der Waals surface area contributed by atoms with Crippen LogP contribution in [0.25, 0.3) is 0 Å². The molecular formula is C13H22ClN3O4. The maximum atomic E-state index is 6.01. The maximum absolute atomic E-state index is 6.01. The highest BCUT2D eigenvalue weighted by molar-refractivity contribution is 6.31. The van der Waals surface area contributed by atoms with Gasteiger partial charge in [0.2, 0.25) is 0 Å². The van der Waals surface area contributed by atoms with E-state index in [0.717, 1.165) is 0 Å². The van der Waals surface area contributed by atoms with E-state index in [0.29, 0.717) is 62.8 Å².